The van der Waals surface area contributed by atoms with Crippen LogP contribution in [0.2, 0.25) is 0 Å². The third-order valence-electron chi connectivity index (χ3n) is 4.66. The largest absolute Gasteiger partial charge is 0.355 e. The normalized spacial score (nSPS) is 12.1. The maximum absolute atomic E-state index is 13.2. The minimum atomic E-state index is 0.0540. The Morgan fingerprint density at radius 2 is 1.52 bits per heavy atom. The van der Waals surface area contributed by atoms with Gasteiger partial charge in [-0.2, -0.15) is 0 Å². The summed E-state index contributed by atoms with van der Waals surface area (Å²) in [6, 6.07) is 21.6. The summed E-state index contributed by atoms with van der Waals surface area (Å²) in [7, 11) is 0. The minimum absolute atomic E-state index is 0.0540. The summed E-state index contributed by atoms with van der Waals surface area (Å²) in [5.74, 6) is 0.0540. The summed E-state index contributed by atoms with van der Waals surface area (Å²) in [6.45, 7) is 0. The van der Waals surface area contributed by atoms with Crippen molar-refractivity contribution in [3.63, 3.8) is 0 Å². The Hall–Kier alpha value is -3.46. The molecule has 118 valence electrons. The van der Waals surface area contributed by atoms with Crippen LogP contribution in [0, 0.1) is 0 Å². The van der Waals surface area contributed by atoms with Gasteiger partial charge in [-0.15, -0.1) is 0 Å². The molecule has 25 heavy (non-hydrogen) atoms. The van der Waals surface area contributed by atoms with E-state index in [9.17, 15) is 4.79 Å². The highest BCUT2D eigenvalue weighted by Gasteiger charge is 2.27. The highest BCUT2D eigenvalue weighted by molar-refractivity contribution is 6.27. The number of hydrogen-bond acceptors (Lipinski definition) is 3. The number of pyridine rings is 1. The molecule has 0 atom stereocenters. The number of carbonyl (C=O) groups excluding carboxylic acids is 1. The maximum Gasteiger partial charge on any atom is 0.196 e. The summed E-state index contributed by atoms with van der Waals surface area (Å²) in [4.78, 5) is 17.6. The zero-order valence-electron chi connectivity index (χ0n) is 13.4. The average molecular weight is 322 g/mol. The van der Waals surface area contributed by atoms with Crippen molar-refractivity contribution >= 4 is 27.9 Å². The van der Waals surface area contributed by atoms with Crippen LogP contribution in [0.5, 0.6) is 0 Å². The van der Waals surface area contributed by atoms with Crippen molar-refractivity contribution in [3.05, 3.63) is 90.3 Å². The molecule has 0 spiro atoms. The number of nitrogens with zero attached hydrogens (tertiary/aromatic N) is 1. The molecular weight excluding hydrogens is 308 g/mol. The van der Waals surface area contributed by atoms with Gasteiger partial charge in [-0.05, 0) is 23.8 Å². The zero-order chi connectivity index (χ0) is 16.8. The molecule has 0 saturated carbocycles. The molecule has 1 aromatic heterocycles. The Bertz CT molecular complexity index is 1130. The fraction of sp³-hybridized carbons (Fsp3) is 0. The van der Waals surface area contributed by atoms with Gasteiger partial charge < -0.3 is 5.32 Å². The van der Waals surface area contributed by atoms with Gasteiger partial charge in [0.05, 0.1) is 11.3 Å². The van der Waals surface area contributed by atoms with E-state index in [4.69, 9.17) is 0 Å². The predicted octanol–water partition coefficient (Wildman–Crippen LogP) is 5.19. The number of fused-ring (bicyclic) bond motifs is 2. The van der Waals surface area contributed by atoms with Crippen LogP contribution < -0.4 is 5.32 Å². The maximum atomic E-state index is 13.2. The molecule has 1 N–H and O–H groups in total. The summed E-state index contributed by atoms with van der Waals surface area (Å²) in [6.07, 6.45) is 3.66. The van der Waals surface area contributed by atoms with E-state index in [-0.39, 0.29) is 5.78 Å². The Labute approximate surface area is 145 Å². The van der Waals surface area contributed by atoms with Crippen LogP contribution in [0.1, 0.15) is 15.9 Å². The van der Waals surface area contributed by atoms with Crippen molar-refractivity contribution in [3.8, 4) is 11.1 Å². The SMILES string of the molecule is O=C1c2c(Nc3ccccc3)cccc2-c2cncc3cccc1c23. The van der Waals surface area contributed by atoms with E-state index in [2.05, 4.69) is 10.3 Å². The number of hydrogen-bond donors (Lipinski definition) is 1. The van der Waals surface area contributed by atoms with E-state index >= 15 is 0 Å². The third-order valence-corrected chi connectivity index (χ3v) is 4.66. The number of ketones is 1. The zero-order valence-corrected chi connectivity index (χ0v) is 13.4. The number of nitrogens with one attached hydrogen (secondary N) is 1. The first-order chi connectivity index (χ1) is 12.3. The Balaban J connectivity index is 1.78. The van der Waals surface area contributed by atoms with E-state index in [1.807, 2.05) is 79.1 Å². The highest BCUT2D eigenvalue weighted by Crippen LogP contribution is 2.41. The van der Waals surface area contributed by atoms with Crippen molar-refractivity contribution in [2.24, 2.45) is 0 Å². The van der Waals surface area contributed by atoms with Crippen molar-refractivity contribution in [2.75, 3.05) is 5.32 Å². The second-order valence-corrected chi connectivity index (χ2v) is 6.14. The van der Waals surface area contributed by atoms with E-state index < -0.39 is 0 Å². The molecule has 0 aliphatic heterocycles. The Morgan fingerprint density at radius 1 is 0.720 bits per heavy atom. The second kappa shape index (κ2) is 5.28. The number of aromatic nitrogens is 1. The molecular formula is C22H14N2O. The van der Waals surface area contributed by atoms with Gasteiger partial charge in [0.2, 0.25) is 0 Å². The Kier molecular flexibility index (Phi) is 2.94. The second-order valence-electron chi connectivity index (χ2n) is 6.14. The summed E-state index contributed by atoms with van der Waals surface area (Å²) in [5, 5.41) is 5.37. The van der Waals surface area contributed by atoms with E-state index in [1.165, 1.54) is 0 Å². The lowest BCUT2D eigenvalue weighted by Crippen LogP contribution is -2.12. The number of para-hydroxylation sites is 1. The van der Waals surface area contributed by atoms with Crippen LogP contribution in [0.25, 0.3) is 21.9 Å². The molecule has 3 aromatic carbocycles. The van der Waals surface area contributed by atoms with Crippen LogP contribution in [0.15, 0.2) is 79.1 Å². The molecule has 1 aliphatic rings. The fourth-order valence-corrected chi connectivity index (χ4v) is 3.57. The molecule has 4 aromatic rings. The minimum Gasteiger partial charge on any atom is -0.355 e. The van der Waals surface area contributed by atoms with Crippen molar-refractivity contribution in [1.29, 1.82) is 0 Å². The lowest BCUT2D eigenvalue weighted by atomic mass is 9.83. The molecule has 0 fully saturated rings. The fourth-order valence-electron chi connectivity index (χ4n) is 3.57. The van der Waals surface area contributed by atoms with Gasteiger partial charge in [0, 0.05) is 40.0 Å². The topological polar surface area (TPSA) is 42.0 Å². The van der Waals surface area contributed by atoms with Crippen LogP contribution in [0.3, 0.4) is 0 Å². The van der Waals surface area contributed by atoms with Crippen LogP contribution >= 0.6 is 0 Å². The van der Waals surface area contributed by atoms with Gasteiger partial charge in [0.1, 0.15) is 0 Å². The predicted molar refractivity (Wildman–Crippen MR) is 100 cm³/mol. The standard InChI is InChI=1S/C22H14N2O/c25-22-17-10-4-6-14-12-23-13-18(20(14)17)16-9-5-11-19(21(16)22)24-15-7-2-1-3-8-15/h1-13,24H. The van der Waals surface area contributed by atoms with Crippen LogP contribution in [0.4, 0.5) is 11.4 Å². The first-order valence-corrected chi connectivity index (χ1v) is 8.20. The lowest BCUT2D eigenvalue weighted by molar-refractivity contribution is 0.104. The van der Waals surface area contributed by atoms with Crippen LogP contribution in [-0.4, -0.2) is 10.8 Å². The molecule has 0 saturated heterocycles. The number of rotatable bonds is 2. The van der Waals surface area contributed by atoms with Crippen molar-refractivity contribution in [1.82, 2.24) is 4.98 Å². The molecule has 5 rings (SSSR count). The van der Waals surface area contributed by atoms with Crippen molar-refractivity contribution < 1.29 is 4.79 Å². The number of carbonyl (C=O) groups is 1. The highest BCUT2D eigenvalue weighted by atomic mass is 16.1. The molecule has 3 heteroatoms. The van der Waals surface area contributed by atoms with Crippen LogP contribution in [-0.2, 0) is 0 Å². The first kappa shape index (κ1) is 13.9. The summed E-state index contributed by atoms with van der Waals surface area (Å²) < 4.78 is 0. The molecule has 0 bridgehead atoms. The number of benzene rings is 3. The quantitative estimate of drug-likeness (QED) is 0.486. The van der Waals surface area contributed by atoms with Gasteiger partial charge in [-0.25, -0.2) is 0 Å². The van der Waals surface area contributed by atoms with Gasteiger partial charge in [0.25, 0.3) is 0 Å². The Morgan fingerprint density at radius 3 is 2.40 bits per heavy atom. The summed E-state index contributed by atoms with van der Waals surface area (Å²) >= 11 is 0. The molecule has 1 heterocycles. The molecule has 0 radical (unpaired) electrons. The average Bonchev–Trinajstić information content (AvgIpc) is 2.66. The van der Waals surface area contributed by atoms with E-state index in [0.717, 1.165) is 38.8 Å². The smallest absolute Gasteiger partial charge is 0.196 e. The molecule has 1 aliphatic carbocycles. The van der Waals surface area contributed by atoms with Gasteiger partial charge in [-0.1, -0.05) is 48.5 Å². The third kappa shape index (κ3) is 2.06. The molecule has 0 amide bonds. The number of anilines is 2. The molecule has 0 unspecified atom stereocenters. The first-order valence-electron chi connectivity index (χ1n) is 8.20. The van der Waals surface area contributed by atoms with Gasteiger partial charge in [-0.3, -0.25) is 9.78 Å². The van der Waals surface area contributed by atoms with Gasteiger partial charge in [0.15, 0.2) is 5.78 Å². The monoisotopic (exact) mass is 322 g/mol. The van der Waals surface area contributed by atoms with E-state index in [0.29, 0.717) is 5.56 Å². The lowest BCUT2D eigenvalue weighted by Gasteiger charge is -2.22. The van der Waals surface area contributed by atoms with Crippen molar-refractivity contribution in [2.45, 2.75) is 0 Å². The molecule has 3 nitrogen and oxygen atoms in total. The summed E-state index contributed by atoms with van der Waals surface area (Å²) in [5.41, 5.74) is 5.17. The van der Waals surface area contributed by atoms with E-state index in [1.54, 1.807) is 0 Å². The van der Waals surface area contributed by atoms with Gasteiger partial charge >= 0.3 is 0 Å².